The van der Waals surface area contributed by atoms with Crippen molar-refractivity contribution in [1.29, 1.82) is 0 Å². The molecule has 0 saturated carbocycles. The van der Waals surface area contributed by atoms with Crippen LogP contribution in [0.1, 0.15) is 18.1 Å². The quantitative estimate of drug-likeness (QED) is 0.0830. The fourth-order valence-electron chi connectivity index (χ4n) is 4.02. The molecule has 0 aromatic heterocycles. The molecule has 0 unspecified atom stereocenters. The van der Waals surface area contributed by atoms with Gasteiger partial charge in [-0.15, -0.1) is 0 Å². The van der Waals surface area contributed by atoms with Crippen molar-refractivity contribution in [3.8, 4) is 11.5 Å². The summed E-state index contributed by atoms with van der Waals surface area (Å²) in [6, 6.07) is 12.5. The number of aliphatic hydroxyl groups is 5. The van der Waals surface area contributed by atoms with Gasteiger partial charge in [-0.2, -0.15) is 0 Å². The molecule has 2 aromatic rings. The highest BCUT2D eigenvalue weighted by Gasteiger charge is 2.48. The van der Waals surface area contributed by atoms with Crippen LogP contribution in [0.3, 0.4) is 0 Å². The molecule has 3 rings (SSSR count). The highest BCUT2D eigenvalue weighted by atomic mass is 16.7. The molecule has 0 radical (unpaired) electrons. The second-order valence-electron chi connectivity index (χ2n) is 9.44. The van der Waals surface area contributed by atoms with Crippen LogP contribution in [0.2, 0.25) is 0 Å². The monoisotopic (exact) mass is 592 g/mol. The zero-order chi connectivity index (χ0) is 30.6. The van der Waals surface area contributed by atoms with Crippen LogP contribution in [0.5, 0.6) is 11.5 Å². The second kappa shape index (κ2) is 16.2. The average Bonchev–Trinajstić information content (AvgIpc) is 2.96. The van der Waals surface area contributed by atoms with Gasteiger partial charge in [0.05, 0.1) is 32.5 Å². The Kier molecular flexibility index (Phi) is 12.8. The molecule has 1 aliphatic heterocycles. The zero-order valence-electron chi connectivity index (χ0n) is 22.8. The first-order valence-corrected chi connectivity index (χ1v) is 13.1. The molecule has 230 valence electrons. The second-order valence-corrected chi connectivity index (χ2v) is 9.44. The summed E-state index contributed by atoms with van der Waals surface area (Å²) in [5.41, 5.74) is 1.47. The third-order valence-corrected chi connectivity index (χ3v) is 6.18. The van der Waals surface area contributed by atoms with E-state index in [-0.39, 0.29) is 24.6 Å². The fraction of sp³-hybridized carbons (Fsp3) is 0.464. The third kappa shape index (κ3) is 9.82. The minimum Gasteiger partial charge on any atom is -0.508 e. The van der Waals surface area contributed by atoms with E-state index in [1.165, 1.54) is 30.5 Å². The van der Waals surface area contributed by atoms with Crippen LogP contribution in [0, 0.1) is 0 Å². The van der Waals surface area contributed by atoms with E-state index in [4.69, 9.17) is 18.9 Å². The Balaban J connectivity index is 1.77. The van der Waals surface area contributed by atoms with Gasteiger partial charge in [0.2, 0.25) is 0 Å². The van der Waals surface area contributed by atoms with Crippen LogP contribution in [-0.2, 0) is 36.8 Å². The number of phenolic OH excluding ortho intramolecular Hbond substituents is 2. The van der Waals surface area contributed by atoms with Gasteiger partial charge in [0.15, 0.2) is 18.7 Å². The Morgan fingerprint density at radius 1 is 0.929 bits per heavy atom. The lowest BCUT2D eigenvalue weighted by Gasteiger charge is -2.42. The molecule has 1 heterocycles. The number of ether oxygens (including phenoxy) is 4. The van der Waals surface area contributed by atoms with Crippen molar-refractivity contribution in [3.05, 3.63) is 59.7 Å². The van der Waals surface area contributed by atoms with Gasteiger partial charge in [-0.05, 0) is 35.4 Å². The molecule has 1 saturated heterocycles. The first kappa shape index (κ1) is 33.0. The van der Waals surface area contributed by atoms with Crippen LogP contribution in [0.15, 0.2) is 58.5 Å². The third-order valence-electron chi connectivity index (χ3n) is 6.18. The number of rotatable bonds is 14. The van der Waals surface area contributed by atoms with Crippen molar-refractivity contribution >= 4 is 18.4 Å². The van der Waals surface area contributed by atoms with Crippen LogP contribution in [0.25, 0.3) is 0 Å². The Morgan fingerprint density at radius 3 is 1.98 bits per heavy atom. The van der Waals surface area contributed by atoms with Gasteiger partial charge in [0.1, 0.15) is 42.0 Å². The number of carbonyl (C=O) groups is 1. The Labute approximate surface area is 241 Å². The summed E-state index contributed by atoms with van der Waals surface area (Å²) < 4.78 is 21.9. The SMILES string of the molecule is CC(=O)O[C@@H]1[C@@H](O)[C@@H](O[C@@H](C=NCc2ccc(O)cc2)[C@@H](CO)O[C@H](O)C=NCc2ccc(O)cc2)O[C@@H](CO)[C@H]1O. The molecule has 14 heteroatoms. The standard InChI is InChI=1S/C28H36N2O12/c1-16(33)39-27-25(37)23(15-32)42-28(26(27)38)41-21(12-29-10-17-2-6-19(34)7-3-17)22(14-31)40-24(36)13-30-11-18-4-8-20(35)9-5-18/h2-9,12-13,21-28,31-32,34-38H,10-11,14-15H2,1H3/t21-,22+,23-,24-,25+,26+,27-,28-/m0/s1. The number of phenols is 2. The molecule has 2 aromatic carbocycles. The maximum absolute atomic E-state index is 11.6. The molecule has 42 heavy (non-hydrogen) atoms. The maximum Gasteiger partial charge on any atom is 0.303 e. The minimum atomic E-state index is -1.71. The molecule has 8 atom stereocenters. The molecular formula is C28H36N2O12. The summed E-state index contributed by atoms with van der Waals surface area (Å²) in [6.07, 6.45) is -9.46. The lowest BCUT2D eigenvalue weighted by atomic mass is 9.99. The summed E-state index contributed by atoms with van der Waals surface area (Å²) in [6.45, 7) is -0.0138. The molecular weight excluding hydrogens is 556 g/mol. The zero-order valence-corrected chi connectivity index (χ0v) is 22.8. The highest BCUT2D eigenvalue weighted by molar-refractivity contribution is 5.66. The maximum atomic E-state index is 11.6. The van der Waals surface area contributed by atoms with Crippen molar-refractivity contribution in [1.82, 2.24) is 0 Å². The fourth-order valence-corrected chi connectivity index (χ4v) is 4.02. The summed E-state index contributed by atoms with van der Waals surface area (Å²) in [4.78, 5) is 19.9. The molecule has 0 amide bonds. The first-order chi connectivity index (χ1) is 20.1. The summed E-state index contributed by atoms with van der Waals surface area (Å²) >= 11 is 0. The van der Waals surface area contributed by atoms with Gasteiger partial charge >= 0.3 is 5.97 Å². The Hall–Kier alpha value is -3.47. The number of esters is 1. The van der Waals surface area contributed by atoms with E-state index in [9.17, 15) is 40.5 Å². The van der Waals surface area contributed by atoms with Crippen molar-refractivity contribution in [2.24, 2.45) is 9.98 Å². The molecule has 0 spiro atoms. The van der Waals surface area contributed by atoms with E-state index < -0.39 is 68.4 Å². The minimum absolute atomic E-state index is 0.0742. The van der Waals surface area contributed by atoms with Crippen molar-refractivity contribution in [3.63, 3.8) is 0 Å². The lowest BCUT2D eigenvalue weighted by molar-refractivity contribution is -0.315. The number of hydrogen-bond donors (Lipinski definition) is 7. The van der Waals surface area contributed by atoms with E-state index in [2.05, 4.69) is 9.98 Å². The number of carbonyl (C=O) groups excluding carboxylic acids is 1. The number of hydrogen-bond acceptors (Lipinski definition) is 14. The molecule has 7 N–H and O–H groups in total. The van der Waals surface area contributed by atoms with Crippen molar-refractivity contribution in [2.45, 2.75) is 69.2 Å². The highest BCUT2D eigenvalue weighted by Crippen LogP contribution is 2.26. The average molecular weight is 593 g/mol. The summed E-state index contributed by atoms with van der Waals surface area (Å²) in [5.74, 6) is -0.625. The largest absolute Gasteiger partial charge is 0.508 e. The first-order valence-electron chi connectivity index (χ1n) is 13.1. The van der Waals surface area contributed by atoms with Gasteiger partial charge < -0.3 is 54.7 Å². The van der Waals surface area contributed by atoms with Gasteiger partial charge in [-0.25, -0.2) is 0 Å². The van der Waals surface area contributed by atoms with Gasteiger partial charge in [-0.1, -0.05) is 24.3 Å². The van der Waals surface area contributed by atoms with E-state index in [0.717, 1.165) is 24.3 Å². The number of benzene rings is 2. The van der Waals surface area contributed by atoms with Gasteiger partial charge in [0.25, 0.3) is 0 Å². The molecule has 0 aliphatic carbocycles. The van der Waals surface area contributed by atoms with E-state index in [0.29, 0.717) is 0 Å². The topological polar surface area (TPSA) is 220 Å². The van der Waals surface area contributed by atoms with E-state index >= 15 is 0 Å². The summed E-state index contributed by atoms with van der Waals surface area (Å²) in [7, 11) is 0. The van der Waals surface area contributed by atoms with E-state index in [1.54, 1.807) is 24.3 Å². The summed E-state index contributed by atoms with van der Waals surface area (Å²) in [5, 5.41) is 70.2. The van der Waals surface area contributed by atoms with Crippen LogP contribution < -0.4 is 0 Å². The van der Waals surface area contributed by atoms with Crippen molar-refractivity contribution < 1.29 is 59.5 Å². The van der Waals surface area contributed by atoms with Crippen LogP contribution >= 0.6 is 0 Å². The number of aliphatic hydroxyl groups excluding tert-OH is 5. The van der Waals surface area contributed by atoms with Crippen LogP contribution in [-0.4, -0.2) is 117 Å². The van der Waals surface area contributed by atoms with Crippen LogP contribution in [0.4, 0.5) is 0 Å². The van der Waals surface area contributed by atoms with Gasteiger partial charge in [-0.3, -0.25) is 14.8 Å². The van der Waals surface area contributed by atoms with E-state index in [1.807, 2.05) is 0 Å². The van der Waals surface area contributed by atoms with Gasteiger partial charge in [0, 0.05) is 13.1 Å². The smallest absolute Gasteiger partial charge is 0.303 e. The molecule has 14 nitrogen and oxygen atoms in total. The predicted molar refractivity (Wildman–Crippen MR) is 147 cm³/mol. The Bertz CT molecular complexity index is 1160. The number of nitrogens with zero attached hydrogens (tertiary/aromatic N) is 2. The molecule has 1 aliphatic rings. The Morgan fingerprint density at radius 2 is 1.48 bits per heavy atom. The lowest BCUT2D eigenvalue weighted by Crippen LogP contribution is -2.61. The number of aromatic hydroxyl groups is 2. The predicted octanol–water partition coefficient (Wildman–Crippen LogP) is -0.609. The number of aliphatic imine (C=N–C) groups is 2. The normalized spacial score (nSPS) is 25.0. The van der Waals surface area contributed by atoms with Crippen molar-refractivity contribution in [2.75, 3.05) is 13.2 Å². The molecule has 0 bridgehead atoms. The molecule has 1 fully saturated rings.